The minimum absolute atomic E-state index is 0.341. The van der Waals surface area contributed by atoms with Crippen molar-refractivity contribution in [3.8, 4) is 5.75 Å². The molecular weight excluding hydrogens is 226 g/mol. The maximum Gasteiger partial charge on any atom is 0.343 e. The highest BCUT2D eigenvalue weighted by molar-refractivity contribution is 5.90. The number of benzene rings is 2. The minimum atomic E-state index is -0.341. The van der Waals surface area contributed by atoms with Crippen LogP contribution >= 0.6 is 0 Å². The van der Waals surface area contributed by atoms with E-state index in [2.05, 4.69) is 5.32 Å². The van der Waals surface area contributed by atoms with E-state index < -0.39 is 0 Å². The van der Waals surface area contributed by atoms with Crippen molar-refractivity contribution in [2.75, 3.05) is 11.9 Å². The summed E-state index contributed by atoms with van der Waals surface area (Å²) in [6, 6.07) is 16.3. The van der Waals surface area contributed by atoms with Crippen LogP contribution in [0.2, 0.25) is 0 Å². The molecule has 0 saturated carbocycles. The van der Waals surface area contributed by atoms with Crippen LogP contribution in [0.25, 0.3) is 0 Å². The third-order valence-electron chi connectivity index (χ3n) is 2.46. The lowest BCUT2D eigenvalue weighted by molar-refractivity contribution is 0.0735. The summed E-state index contributed by atoms with van der Waals surface area (Å²) >= 11 is 0. The van der Waals surface area contributed by atoms with E-state index in [4.69, 9.17) is 4.74 Å². The molecule has 2 aromatic rings. The smallest absolute Gasteiger partial charge is 0.343 e. The van der Waals surface area contributed by atoms with Crippen molar-refractivity contribution in [1.29, 1.82) is 0 Å². The standard InChI is InChI=1S/C15H15NO2/c1-2-16-13-8-10-14(11-9-13)18-15(17)12-6-4-3-5-7-12/h3-11,16H,2H2,1H3. The van der Waals surface area contributed by atoms with Crippen LogP contribution in [0.3, 0.4) is 0 Å². The molecule has 0 radical (unpaired) electrons. The van der Waals surface area contributed by atoms with Crippen LogP contribution in [0.4, 0.5) is 5.69 Å². The molecule has 0 heterocycles. The van der Waals surface area contributed by atoms with Crippen molar-refractivity contribution in [3.05, 3.63) is 60.2 Å². The highest BCUT2D eigenvalue weighted by Gasteiger charge is 2.07. The minimum Gasteiger partial charge on any atom is -0.423 e. The van der Waals surface area contributed by atoms with Crippen LogP contribution in [-0.2, 0) is 0 Å². The molecule has 18 heavy (non-hydrogen) atoms. The maximum atomic E-state index is 11.8. The summed E-state index contributed by atoms with van der Waals surface area (Å²) in [5.41, 5.74) is 1.56. The Morgan fingerprint density at radius 2 is 1.72 bits per heavy atom. The first-order chi connectivity index (χ1) is 8.79. The van der Waals surface area contributed by atoms with Crippen molar-refractivity contribution in [3.63, 3.8) is 0 Å². The van der Waals surface area contributed by atoms with E-state index >= 15 is 0 Å². The average Bonchev–Trinajstić information content (AvgIpc) is 2.42. The van der Waals surface area contributed by atoms with E-state index in [1.54, 1.807) is 24.3 Å². The Kier molecular flexibility index (Phi) is 3.97. The van der Waals surface area contributed by atoms with Gasteiger partial charge >= 0.3 is 5.97 Å². The summed E-state index contributed by atoms with van der Waals surface area (Å²) in [7, 11) is 0. The Labute approximate surface area is 106 Å². The molecule has 3 nitrogen and oxygen atoms in total. The second-order valence-corrected chi connectivity index (χ2v) is 3.81. The fourth-order valence-corrected chi connectivity index (χ4v) is 1.59. The van der Waals surface area contributed by atoms with Gasteiger partial charge in [0.2, 0.25) is 0 Å². The van der Waals surface area contributed by atoms with Gasteiger partial charge in [-0.3, -0.25) is 0 Å². The normalized spacial score (nSPS) is 9.83. The van der Waals surface area contributed by atoms with Crippen LogP contribution in [0, 0.1) is 0 Å². The molecular formula is C15H15NO2. The Bertz CT molecular complexity index is 506. The van der Waals surface area contributed by atoms with Crippen LogP contribution < -0.4 is 10.1 Å². The molecule has 0 amide bonds. The predicted octanol–water partition coefficient (Wildman–Crippen LogP) is 3.34. The first kappa shape index (κ1) is 12.2. The summed E-state index contributed by atoms with van der Waals surface area (Å²) in [4.78, 5) is 11.8. The quantitative estimate of drug-likeness (QED) is 0.659. The van der Waals surface area contributed by atoms with Gasteiger partial charge in [-0.05, 0) is 43.3 Å². The van der Waals surface area contributed by atoms with Gasteiger partial charge in [0.1, 0.15) is 5.75 Å². The summed E-state index contributed by atoms with van der Waals surface area (Å²) in [6.07, 6.45) is 0. The number of hydrogen-bond acceptors (Lipinski definition) is 3. The van der Waals surface area contributed by atoms with Gasteiger partial charge in [0.05, 0.1) is 5.56 Å². The lowest BCUT2D eigenvalue weighted by atomic mass is 10.2. The van der Waals surface area contributed by atoms with E-state index in [0.717, 1.165) is 12.2 Å². The SMILES string of the molecule is CCNc1ccc(OC(=O)c2ccccc2)cc1. The zero-order valence-corrected chi connectivity index (χ0v) is 10.2. The molecule has 0 aliphatic rings. The van der Waals surface area contributed by atoms with Gasteiger partial charge < -0.3 is 10.1 Å². The molecule has 1 N–H and O–H groups in total. The number of rotatable bonds is 4. The zero-order chi connectivity index (χ0) is 12.8. The van der Waals surface area contributed by atoms with Gasteiger partial charge in [0, 0.05) is 12.2 Å². The first-order valence-corrected chi connectivity index (χ1v) is 5.91. The largest absolute Gasteiger partial charge is 0.423 e. The van der Waals surface area contributed by atoms with E-state index in [-0.39, 0.29) is 5.97 Å². The van der Waals surface area contributed by atoms with Gasteiger partial charge in [-0.15, -0.1) is 0 Å². The van der Waals surface area contributed by atoms with Gasteiger partial charge in [-0.25, -0.2) is 4.79 Å². The van der Waals surface area contributed by atoms with Gasteiger partial charge in [0.15, 0.2) is 0 Å². The van der Waals surface area contributed by atoms with Crippen molar-refractivity contribution < 1.29 is 9.53 Å². The molecule has 0 aromatic heterocycles. The number of anilines is 1. The zero-order valence-electron chi connectivity index (χ0n) is 10.2. The second kappa shape index (κ2) is 5.87. The van der Waals surface area contributed by atoms with E-state index in [0.29, 0.717) is 11.3 Å². The number of nitrogens with one attached hydrogen (secondary N) is 1. The van der Waals surface area contributed by atoms with Crippen LogP contribution in [0.1, 0.15) is 17.3 Å². The third kappa shape index (κ3) is 3.10. The number of carbonyl (C=O) groups excluding carboxylic acids is 1. The topological polar surface area (TPSA) is 38.3 Å². The highest BCUT2D eigenvalue weighted by atomic mass is 16.5. The molecule has 0 saturated heterocycles. The number of hydrogen-bond donors (Lipinski definition) is 1. The maximum absolute atomic E-state index is 11.8. The van der Waals surface area contributed by atoms with Crippen LogP contribution in [-0.4, -0.2) is 12.5 Å². The molecule has 92 valence electrons. The molecule has 0 spiro atoms. The third-order valence-corrected chi connectivity index (χ3v) is 2.46. The van der Waals surface area contributed by atoms with Crippen molar-refractivity contribution >= 4 is 11.7 Å². The second-order valence-electron chi connectivity index (χ2n) is 3.81. The molecule has 2 rings (SSSR count). The molecule has 0 aliphatic carbocycles. The van der Waals surface area contributed by atoms with Gasteiger partial charge in [-0.2, -0.15) is 0 Å². The first-order valence-electron chi connectivity index (χ1n) is 5.91. The predicted molar refractivity (Wildman–Crippen MR) is 72.0 cm³/mol. The lowest BCUT2D eigenvalue weighted by Crippen LogP contribution is -2.08. The van der Waals surface area contributed by atoms with Crippen LogP contribution in [0.5, 0.6) is 5.75 Å². The van der Waals surface area contributed by atoms with Gasteiger partial charge in [0.25, 0.3) is 0 Å². The van der Waals surface area contributed by atoms with Crippen molar-refractivity contribution in [1.82, 2.24) is 0 Å². The molecule has 2 aromatic carbocycles. The Balaban J connectivity index is 2.03. The lowest BCUT2D eigenvalue weighted by Gasteiger charge is -2.06. The monoisotopic (exact) mass is 241 g/mol. The highest BCUT2D eigenvalue weighted by Crippen LogP contribution is 2.16. The number of esters is 1. The Morgan fingerprint density at radius 3 is 2.33 bits per heavy atom. The number of carbonyl (C=O) groups is 1. The summed E-state index contributed by atoms with van der Waals surface area (Å²) in [6.45, 7) is 2.90. The molecule has 3 heteroatoms. The molecule has 0 bridgehead atoms. The summed E-state index contributed by atoms with van der Waals surface area (Å²) in [5, 5.41) is 3.18. The Hall–Kier alpha value is -2.29. The molecule has 0 unspecified atom stereocenters. The number of ether oxygens (including phenoxy) is 1. The Morgan fingerprint density at radius 1 is 1.06 bits per heavy atom. The van der Waals surface area contributed by atoms with E-state index in [1.807, 2.05) is 37.3 Å². The van der Waals surface area contributed by atoms with Crippen LogP contribution in [0.15, 0.2) is 54.6 Å². The van der Waals surface area contributed by atoms with Gasteiger partial charge in [-0.1, -0.05) is 18.2 Å². The molecule has 0 atom stereocenters. The van der Waals surface area contributed by atoms with Crippen molar-refractivity contribution in [2.45, 2.75) is 6.92 Å². The van der Waals surface area contributed by atoms with E-state index in [9.17, 15) is 4.79 Å². The fourth-order valence-electron chi connectivity index (χ4n) is 1.59. The molecule has 0 fully saturated rings. The molecule has 0 aliphatic heterocycles. The van der Waals surface area contributed by atoms with E-state index in [1.165, 1.54) is 0 Å². The summed E-state index contributed by atoms with van der Waals surface area (Å²) in [5.74, 6) is 0.206. The fraction of sp³-hybridized carbons (Fsp3) is 0.133. The summed E-state index contributed by atoms with van der Waals surface area (Å²) < 4.78 is 5.27. The average molecular weight is 241 g/mol. The van der Waals surface area contributed by atoms with Crippen molar-refractivity contribution in [2.24, 2.45) is 0 Å².